The molecular weight excluding hydrogens is 444 g/mol. The van der Waals surface area contributed by atoms with Gasteiger partial charge in [0.15, 0.2) is 0 Å². The number of piperidine rings is 1. The lowest BCUT2D eigenvalue weighted by molar-refractivity contribution is -0.307. The van der Waals surface area contributed by atoms with E-state index in [4.69, 9.17) is 9.62 Å². The van der Waals surface area contributed by atoms with Gasteiger partial charge < -0.3 is 10.1 Å². The summed E-state index contributed by atoms with van der Waals surface area (Å²) in [4.78, 5) is 63.5. The van der Waals surface area contributed by atoms with Crippen LogP contribution in [0.5, 0.6) is 0 Å². The van der Waals surface area contributed by atoms with Crippen LogP contribution in [0.4, 0.5) is 0 Å². The van der Waals surface area contributed by atoms with Gasteiger partial charge in [0.05, 0.1) is 18.6 Å². The standard InChI is InChI=1S/C23H28N4O7/c1-3-32-15-18(14-24)9-10-21(30)27-12-11-20(34-33-17(2)29)13-23(27,25-16-28)26-22(31)19-7-5-4-6-8-19/h4-8,18,20H,3,9-13,15H2,1-2H3,(H,26,31). The zero-order chi connectivity index (χ0) is 25.0. The summed E-state index contributed by atoms with van der Waals surface area (Å²) in [7, 11) is 0. The van der Waals surface area contributed by atoms with Crippen LogP contribution in [0.1, 0.15) is 49.9 Å². The Bertz CT molecular complexity index is 942. The van der Waals surface area contributed by atoms with Crippen LogP contribution in [0.15, 0.2) is 35.3 Å². The Hall–Kier alpha value is -3.58. The van der Waals surface area contributed by atoms with Crippen molar-refractivity contribution in [2.24, 2.45) is 10.9 Å². The van der Waals surface area contributed by atoms with Crippen molar-refractivity contribution in [1.29, 1.82) is 5.26 Å². The lowest BCUT2D eigenvalue weighted by atomic mass is 9.97. The van der Waals surface area contributed by atoms with Crippen molar-refractivity contribution < 1.29 is 33.7 Å². The van der Waals surface area contributed by atoms with E-state index in [1.165, 1.54) is 17.9 Å². The second kappa shape index (κ2) is 13.2. The Labute approximate surface area is 197 Å². The SMILES string of the molecule is CCOCC(C#N)CCC(=O)N1CCC(OOC(C)=O)CC1(N=C=O)NC(=O)c1ccccc1. The monoisotopic (exact) mass is 472 g/mol. The van der Waals surface area contributed by atoms with Crippen molar-refractivity contribution >= 4 is 23.9 Å². The van der Waals surface area contributed by atoms with Crippen LogP contribution < -0.4 is 5.32 Å². The number of aliphatic imine (C=N–C) groups is 1. The quantitative estimate of drug-likeness (QED) is 0.222. The largest absolute Gasteiger partial charge is 0.380 e. The van der Waals surface area contributed by atoms with E-state index in [0.29, 0.717) is 12.2 Å². The zero-order valence-corrected chi connectivity index (χ0v) is 19.2. The molecule has 2 rings (SSSR count). The van der Waals surface area contributed by atoms with Crippen LogP contribution in [-0.2, 0) is 28.9 Å². The van der Waals surface area contributed by atoms with Gasteiger partial charge in [0.25, 0.3) is 5.91 Å². The van der Waals surface area contributed by atoms with Gasteiger partial charge >= 0.3 is 5.97 Å². The molecule has 11 nitrogen and oxygen atoms in total. The van der Waals surface area contributed by atoms with Gasteiger partial charge in [-0.3, -0.25) is 19.4 Å². The predicted molar refractivity (Wildman–Crippen MR) is 117 cm³/mol. The van der Waals surface area contributed by atoms with E-state index >= 15 is 0 Å². The fraction of sp³-hybridized carbons (Fsp3) is 0.522. The first kappa shape index (κ1) is 26.7. The average Bonchev–Trinajstić information content (AvgIpc) is 2.83. The van der Waals surface area contributed by atoms with Crippen molar-refractivity contribution in [1.82, 2.24) is 10.2 Å². The van der Waals surface area contributed by atoms with Gasteiger partial charge in [-0.15, -0.1) is 0 Å². The van der Waals surface area contributed by atoms with Gasteiger partial charge in [0.1, 0.15) is 6.10 Å². The smallest absolute Gasteiger partial charge is 0.339 e. The number of nitrogens with zero attached hydrogens (tertiary/aromatic N) is 3. The van der Waals surface area contributed by atoms with Gasteiger partial charge in [-0.2, -0.15) is 15.1 Å². The molecule has 1 N–H and O–H groups in total. The molecule has 3 atom stereocenters. The molecule has 2 amide bonds. The topological polar surface area (TPSA) is 147 Å². The molecule has 0 radical (unpaired) electrons. The van der Waals surface area contributed by atoms with Crippen molar-refractivity contribution in [2.75, 3.05) is 19.8 Å². The van der Waals surface area contributed by atoms with Crippen LogP contribution >= 0.6 is 0 Å². The number of carbonyl (C=O) groups is 3. The lowest BCUT2D eigenvalue weighted by Crippen LogP contribution is -2.65. The molecule has 0 aliphatic carbocycles. The van der Waals surface area contributed by atoms with Crippen molar-refractivity contribution in [2.45, 2.75) is 51.4 Å². The summed E-state index contributed by atoms with van der Waals surface area (Å²) in [5.74, 6) is -3.96. The molecule has 182 valence electrons. The number of hydrogen-bond donors (Lipinski definition) is 1. The number of rotatable bonds is 11. The lowest BCUT2D eigenvalue weighted by Gasteiger charge is -2.45. The molecule has 34 heavy (non-hydrogen) atoms. The van der Waals surface area contributed by atoms with E-state index in [-0.39, 0.29) is 38.8 Å². The van der Waals surface area contributed by atoms with E-state index in [2.05, 4.69) is 21.3 Å². The number of carbonyl (C=O) groups excluding carboxylic acids is 4. The van der Waals surface area contributed by atoms with E-state index in [1.54, 1.807) is 30.3 Å². The molecule has 3 unspecified atom stereocenters. The van der Waals surface area contributed by atoms with Crippen LogP contribution in [0.3, 0.4) is 0 Å². The molecule has 1 aromatic rings. The summed E-state index contributed by atoms with van der Waals surface area (Å²) in [5.41, 5.74) is 0.291. The molecule has 1 aliphatic heterocycles. The fourth-order valence-corrected chi connectivity index (χ4v) is 3.59. The van der Waals surface area contributed by atoms with Crippen LogP contribution in [0.2, 0.25) is 0 Å². The number of benzene rings is 1. The maximum Gasteiger partial charge on any atom is 0.339 e. The van der Waals surface area contributed by atoms with Crippen molar-refractivity contribution in [3.05, 3.63) is 35.9 Å². The molecule has 1 saturated heterocycles. The fourth-order valence-electron chi connectivity index (χ4n) is 3.59. The Morgan fingerprint density at radius 1 is 1.32 bits per heavy atom. The number of isocyanates is 1. The number of ether oxygens (including phenoxy) is 1. The molecule has 1 aliphatic rings. The Balaban J connectivity index is 2.28. The van der Waals surface area contributed by atoms with Crippen LogP contribution in [-0.4, -0.2) is 60.4 Å². The molecular formula is C23H28N4O7. The molecule has 0 saturated carbocycles. The molecule has 0 aromatic heterocycles. The van der Waals surface area contributed by atoms with Gasteiger partial charge in [0, 0.05) is 38.5 Å². The molecule has 0 bridgehead atoms. The summed E-state index contributed by atoms with van der Waals surface area (Å²) >= 11 is 0. The molecule has 1 fully saturated rings. The van der Waals surface area contributed by atoms with Gasteiger partial charge in [-0.25, -0.2) is 9.59 Å². The minimum Gasteiger partial charge on any atom is -0.380 e. The van der Waals surface area contributed by atoms with E-state index < -0.39 is 35.6 Å². The summed E-state index contributed by atoms with van der Waals surface area (Å²) in [6.45, 7) is 3.67. The van der Waals surface area contributed by atoms with Gasteiger partial charge in [-0.1, -0.05) is 18.2 Å². The van der Waals surface area contributed by atoms with Crippen molar-refractivity contribution in [3.63, 3.8) is 0 Å². The highest BCUT2D eigenvalue weighted by Crippen LogP contribution is 2.31. The minimum absolute atomic E-state index is 0.0297. The number of nitrogens with one attached hydrogen (secondary N) is 1. The summed E-state index contributed by atoms with van der Waals surface area (Å²) in [6.07, 6.45) is 1.00. The number of nitriles is 1. The van der Waals surface area contributed by atoms with E-state index in [0.717, 1.165) is 0 Å². The number of amides is 2. The third kappa shape index (κ3) is 7.49. The third-order valence-electron chi connectivity index (χ3n) is 5.23. The Kier molecular flexibility index (Phi) is 10.4. The van der Waals surface area contributed by atoms with Crippen LogP contribution in [0, 0.1) is 17.2 Å². The molecule has 0 spiro atoms. The highest BCUT2D eigenvalue weighted by atomic mass is 17.2. The highest BCUT2D eigenvalue weighted by molar-refractivity contribution is 5.95. The maximum atomic E-state index is 13.2. The average molecular weight is 472 g/mol. The predicted octanol–water partition coefficient (Wildman–Crippen LogP) is 1.85. The minimum atomic E-state index is -1.81. The van der Waals surface area contributed by atoms with Crippen LogP contribution in [0.25, 0.3) is 0 Å². The number of likely N-dealkylation sites (tertiary alicyclic amines) is 1. The first-order valence-electron chi connectivity index (χ1n) is 10.9. The molecule has 1 aromatic carbocycles. The Morgan fingerprint density at radius 2 is 2.06 bits per heavy atom. The van der Waals surface area contributed by atoms with E-state index in [1.807, 2.05) is 6.92 Å². The maximum absolute atomic E-state index is 13.2. The number of hydrogen-bond acceptors (Lipinski definition) is 9. The summed E-state index contributed by atoms with van der Waals surface area (Å²) in [6, 6.07) is 10.3. The van der Waals surface area contributed by atoms with E-state index in [9.17, 15) is 24.4 Å². The third-order valence-corrected chi connectivity index (χ3v) is 5.23. The van der Waals surface area contributed by atoms with Gasteiger partial charge in [-0.05, 0) is 31.9 Å². The molecule has 11 heteroatoms. The highest BCUT2D eigenvalue weighted by Gasteiger charge is 2.47. The second-order valence-corrected chi connectivity index (χ2v) is 7.70. The first-order chi connectivity index (χ1) is 16.3. The molecule has 1 heterocycles. The summed E-state index contributed by atoms with van der Waals surface area (Å²) < 4.78 is 5.27. The first-order valence-corrected chi connectivity index (χ1v) is 10.9. The van der Waals surface area contributed by atoms with Gasteiger partial charge in [0.2, 0.25) is 17.8 Å². The second-order valence-electron chi connectivity index (χ2n) is 7.70. The van der Waals surface area contributed by atoms with Crippen molar-refractivity contribution in [3.8, 4) is 6.07 Å². The normalized spacial score (nSPS) is 20.4. The Morgan fingerprint density at radius 3 is 2.68 bits per heavy atom. The zero-order valence-electron chi connectivity index (χ0n) is 19.2. The summed E-state index contributed by atoms with van der Waals surface area (Å²) in [5, 5.41) is 12.0.